The first kappa shape index (κ1) is 24.7. The van der Waals surface area contributed by atoms with E-state index < -0.39 is 11.8 Å². The Balaban J connectivity index is 1.38. The first-order valence-corrected chi connectivity index (χ1v) is 12.7. The van der Waals surface area contributed by atoms with E-state index >= 15 is 0 Å². The van der Waals surface area contributed by atoms with Crippen LogP contribution in [-0.4, -0.2) is 28.8 Å². The molecule has 0 radical (unpaired) electrons. The molecule has 6 rings (SSSR count). The minimum absolute atomic E-state index is 0.0965. The Morgan fingerprint density at radius 1 is 1.00 bits per heavy atom. The number of anilines is 2. The molecule has 1 aliphatic rings. The Hall–Kier alpha value is -5.62. The molecule has 0 saturated heterocycles. The van der Waals surface area contributed by atoms with Crippen molar-refractivity contribution in [2.75, 3.05) is 17.3 Å². The Morgan fingerprint density at radius 3 is 2.60 bits per heavy atom. The van der Waals surface area contributed by atoms with Gasteiger partial charge >= 0.3 is 0 Å². The molecule has 9 heteroatoms. The lowest BCUT2D eigenvalue weighted by Gasteiger charge is -2.21. The number of phenols is 1. The summed E-state index contributed by atoms with van der Waals surface area (Å²) >= 11 is 0. The highest BCUT2D eigenvalue weighted by molar-refractivity contribution is 6.12. The average Bonchev–Trinajstić information content (AvgIpc) is 3.31. The van der Waals surface area contributed by atoms with Gasteiger partial charge in [0.2, 0.25) is 5.89 Å². The number of hydrazine groups is 1. The highest BCUT2D eigenvalue weighted by Gasteiger charge is 2.28. The first-order valence-electron chi connectivity index (χ1n) is 12.7. The fraction of sp³-hybridized carbons (Fsp3) is 0.0968. The first-order chi connectivity index (χ1) is 19.6. The summed E-state index contributed by atoms with van der Waals surface area (Å²) in [7, 11) is 0. The number of rotatable bonds is 6. The lowest BCUT2D eigenvalue weighted by molar-refractivity contribution is 0.102. The number of carbonyl (C=O) groups is 1. The van der Waals surface area contributed by atoms with Crippen molar-refractivity contribution < 1.29 is 14.3 Å². The smallest absolute Gasteiger partial charge is 0.259 e. The molecule has 5 aromatic rings. The van der Waals surface area contributed by atoms with Gasteiger partial charge in [0.05, 0.1) is 22.8 Å². The predicted octanol–water partition coefficient (Wildman–Crippen LogP) is 5.89. The second-order valence-corrected chi connectivity index (χ2v) is 9.27. The number of amides is 1. The van der Waals surface area contributed by atoms with Gasteiger partial charge in [0, 0.05) is 23.8 Å². The van der Waals surface area contributed by atoms with Crippen molar-refractivity contribution in [3.05, 3.63) is 108 Å². The molecule has 4 N–H and O–H groups in total. The van der Waals surface area contributed by atoms with Crippen molar-refractivity contribution in [2.24, 2.45) is 4.99 Å². The van der Waals surface area contributed by atoms with Crippen molar-refractivity contribution >= 4 is 45.4 Å². The molecule has 1 aromatic heterocycles. The Bertz CT molecular complexity index is 1800. The normalized spacial score (nSPS) is 15.0. The Labute approximate surface area is 229 Å². The maximum Gasteiger partial charge on any atom is 0.259 e. The molecule has 1 unspecified atom stereocenters. The van der Waals surface area contributed by atoms with Crippen molar-refractivity contribution in [3.63, 3.8) is 0 Å². The molecule has 0 bridgehead atoms. The molecule has 196 valence electrons. The van der Waals surface area contributed by atoms with Crippen LogP contribution < -0.4 is 16.2 Å². The van der Waals surface area contributed by atoms with E-state index in [1.54, 1.807) is 18.2 Å². The molecule has 1 atom stereocenters. The highest BCUT2D eigenvalue weighted by Crippen LogP contribution is 2.37. The number of nitrogens with zero attached hydrogens (tertiary/aromatic N) is 3. The van der Waals surface area contributed by atoms with Gasteiger partial charge in [-0.2, -0.15) is 5.26 Å². The zero-order chi connectivity index (χ0) is 27.5. The molecule has 2 heterocycles. The summed E-state index contributed by atoms with van der Waals surface area (Å²) in [5, 5.41) is 25.5. The van der Waals surface area contributed by atoms with Crippen LogP contribution in [0.25, 0.3) is 21.9 Å². The van der Waals surface area contributed by atoms with Crippen molar-refractivity contribution in [3.8, 4) is 11.8 Å². The third kappa shape index (κ3) is 4.70. The lowest BCUT2D eigenvalue weighted by Crippen LogP contribution is -2.27. The maximum atomic E-state index is 13.2. The second-order valence-electron chi connectivity index (χ2n) is 9.27. The standard InChI is InChI=1S/C31H24N6O3/c32-17-20-18-33-15-14-23(31-35-25-12-6-7-13-26(25)40-31)27(20)36-37-28-22-11-5-4-8-19(22)16-24(29(28)38)30(39)34-21-9-2-1-3-10-21/h1-13,16,18,23,36-38H,14-15H2,(H,34,39). The highest BCUT2D eigenvalue weighted by atomic mass is 16.3. The number of allylic oxidation sites excluding steroid dienone is 2. The third-order valence-corrected chi connectivity index (χ3v) is 6.76. The number of fused-ring (bicyclic) bond motifs is 2. The van der Waals surface area contributed by atoms with Gasteiger partial charge < -0.3 is 20.3 Å². The minimum Gasteiger partial charge on any atom is -0.505 e. The number of hydrogen-bond acceptors (Lipinski definition) is 8. The number of para-hydroxylation sites is 3. The summed E-state index contributed by atoms with van der Waals surface area (Å²) < 4.78 is 6.06. The molecule has 0 aliphatic carbocycles. The van der Waals surface area contributed by atoms with Crippen LogP contribution in [-0.2, 0) is 0 Å². The predicted molar refractivity (Wildman–Crippen MR) is 154 cm³/mol. The number of carbonyl (C=O) groups excluding carboxylic acids is 1. The van der Waals surface area contributed by atoms with E-state index in [9.17, 15) is 15.2 Å². The summed E-state index contributed by atoms with van der Waals surface area (Å²) in [6.07, 6.45) is 2.07. The Morgan fingerprint density at radius 2 is 1.77 bits per heavy atom. The van der Waals surface area contributed by atoms with Crippen molar-refractivity contribution in [1.29, 1.82) is 5.26 Å². The Kier molecular flexibility index (Phi) is 6.56. The SMILES string of the molecule is N#CC1=C(NNc2c(O)c(C(=O)Nc3ccccc3)cc3ccccc23)C(c2nc3ccccc3o2)CCN=C1. The van der Waals surface area contributed by atoms with Gasteiger partial charge in [0.25, 0.3) is 5.91 Å². The topological polar surface area (TPSA) is 136 Å². The molecular formula is C31H24N6O3. The molecule has 0 saturated carbocycles. The number of hydrogen-bond donors (Lipinski definition) is 4. The monoisotopic (exact) mass is 528 g/mol. The van der Waals surface area contributed by atoms with E-state index in [0.29, 0.717) is 58.0 Å². The van der Waals surface area contributed by atoms with Crippen molar-refractivity contribution in [2.45, 2.75) is 12.3 Å². The molecule has 1 amide bonds. The van der Waals surface area contributed by atoms with E-state index in [-0.39, 0.29) is 11.3 Å². The summed E-state index contributed by atoms with van der Waals surface area (Å²) in [6, 6.07) is 27.7. The van der Waals surface area contributed by atoms with E-state index in [4.69, 9.17) is 4.42 Å². The number of aromatic hydroxyl groups is 1. The van der Waals surface area contributed by atoms with Crippen LogP contribution >= 0.6 is 0 Å². The number of oxazole rings is 1. The quantitative estimate of drug-likeness (QED) is 0.159. The van der Waals surface area contributed by atoms with Gasteiger partial charge in [-0.1, -0.05) is 54.6 Å². The summed E-state index contributed by atoms with van der Waals surface area (Å²) in [4.78, 5) is 22.2. The number of nitrogens with one attached hydrogen (secondary N) is 3. The van der Waals surface area contributed by atoms with Crippen LogP contribution in [0.15, 0.2) is 106 Å². The molecule has 1 aliphatic heterocycles. The minimum atomic E-state index is -0.458. The van der Waals surface area contributed by atoms with E-state index in [1.165, 1.54) is 6.21 Å². The van der Waals surface area contributed by atoms with Crippen LogP contribution in [0, 0.1) is 11.3 Å². The molecule has 4 aromatic carbocycles. The molecule has 40 heavy (non-hydrogen) atoms. The van der Waals surface area contributed by atoms with Crippen LogP contribution in [0.2, 0.25) is 0 Å². The molecule has 0 fully saturated rings. The van der Waals surface area contributed by atoms with Gasteiger partial charge in [0.15, 0.2) is 11.3 Å². The van der Waals surface area contributed by atoms with Gasteiger partial charge in [0.1, 0.15) is 17.3 Å². The lowest BCUT2D eigenvalue weighted by atomic mass is 9.98. The second kappa shape index (κ2) is 10.6. The zero-order valence-corrected chi connectivity index (χ0v) is 21.3. The number of aromatic nitrogens is 1. The van der Waals surface area contributed by atoms with Crippen molar-refractivity contribution in [1.82, 2.24) is 10.4 Å². The maximum absolute atomic E-state index is 13.2. The van der Waals surface area contributed by atoms with Gasteiger partial charge in [-0.3, -0.25) is 15.2 Å². The van der Waals surface area contributed by atoms with Crippen LogP contribution in [0.1, 0.15) is 28.6 Å². The number of benzene rings is 4. The zero-order valence-electron chi connectivity index (χ0n) is 21.3. The van der Waals surface area contributed by atoms with E-state index in [2.05, 4.69) is 32.2 Å². The van der Waals surface area contributed by atoms with Gasteiger partial charge in [-0.25, -0.2) is 4.98 Å². The summed E-state index contributed by atoms with van der Waals surface area (Å²) in [6.45, 7) is 0.475. The number of nitriles is 1. The third-order valence-electron chi connectivity index (χ3n) is 6.76. The largest absolute Gasteiger partial charge is 0.505 e. The van der Waals surface area contributed by atoms with Crippen LogP contribution in [0.4, 0.5) is 11.4 Å². The average molecular weight is 529 g/mol. The summed E-state index contributed by atoms with van der Waals surface area (Å²) in [5.74, 6) is -0.649. The van der Waals surface area contributed by atoms with Crippen LogP contribution in [0.5, 0.6) is 5.75 Å². The van der Waals surface area contributed by atoms with E-state index in [1.807, 2.05) is 66.7 Å². The van der Waals surface area contributed by atoms with Crippen LogP contribution in [0.3, 0.4) is 0 Å². The van der Waals surface area contributed by atoms with Gasteiger partial charge in [-0.05, 0) is 42.1 Å². The molecular weight excluding hydrogens is 504 g/mol. The van der Waals surface area contributed by atoms with Gasteiger partial charge in [-0.15, -0.1) is 0 Å². The summed E-state index contributed by atoms with van der Waals surface area (Å²) in [5.41, 5.74) is 9.40. The fourth-order valence-corrected chi connectivity index (χ4v) is 4.78. The molecule has 0 spiro atoms. The number of phenolic OH excluding ortho intramolecular Hbond substituents is 1. The van der Waals surface area contributed by atoms with E-state index in [0.717, 1.165) is 5.39 Å². The number of aliphatic imine (C=N–C) groups is 1. The fourth-order valence-electron chi connectivity index (χ4n) is 4.78. The molecule has 9 nitrogen and oxygen atoms in total.